The molecule has 1 unspecified atom stereocenters. The summed E-state index contributed by atoms with van der Waals surface area (Å²) in [6, 6.07) is 31.3. The fourth-order valence-electron chi connectivity index (χ4n) is 4.21. The highest BCUT2D eigenvalue weighted by Gasteiger charge is 2.20. The number of para-hydroxylation sites is 1. The molecular weight excluding hydrogens is 530 g/mol. The zero-order valence-electron chi connectivity index (χ0n) is 23.3. The van der Waals surface area contributed by atoms with Crippen LogP contribution in [0.4, 0.5) is 11.4 Å². The lowest BCUT2D eigenvalue weighted by Gasteiger charge is -2.18. The molecule has 0 saturated carbocycles. The van der Waals surface area contributed by atoms with Crippen LogP contribution in [0.1, 0.15) is 40.4 Å². The smallest absolute Gasteiger partial charge is 0.272 e. The van der Waals surface area contributed by atoms with Crippen molar-refractivity contribution in [1.29, 1.82) is 0 Å². The van der Waals surface area contributed by atoms with E-state index in [1.54, 1.807) is 36.4 Å². The van der Waals surface area contributed by atoms with Crippen LogP contribution in [0, 0.1) is 13.8 Å². The average molecular weight is 564 g/mol. The molecule has 0 heterocycles. The Morgan fingerprint density at radius 1 is 0.780 bits per heavy atom. The third kappa shape index (κ3) is 8.19. The number of hydrogen-bond acceptors (Lipinski definition) is 4. The van der Waals surface area contributed by atoms with E-state index in [0.29, 0.717) is 17.7 Å². The van der Waals surface area contributed by atoms with Gasteiger partial charge in [-0.25, -0.2) is 0 Å². The molecule has 4 aromatic carbocycles. The standard InChI is InChI=1S/C34H33N3O3S/c1-4-30(34(40)37-31-23(2)13-11-14-24(31)3)41-28-20-12-19-27(22-28)35-33(39)29(21-25-15-7-5-8-16-25)36-32(38)26-17-9-6-10-18-26/h5-22,30H,4H2,1-3H3,(H,35,39)(H,36,38)(H,37,40)/b29-21-. The van der Waals surface area contributed by atoms with Crippen LogP contribution >= 0.6 is 11.8 Å². The number of amides is 3. The lowest BCUT2D eigenvalue weighted by atomic mass is 10.1. The first-order valence-corrected chi connectivity index (χ1v) is 14.3. The lowest BCUT2D eigenvalue weighted by molar-refractivity contribution is -0.116. The predicted molar refractivity (Wildman–Crippen MR) is 168 cm³/mol. The number of rotatable bonds is 10. The molecule has 3 amide bonds. The molecule has 0 aromatic heterocycles. The fraction of sp³-hybridized carbons (Fsp3) is 0.147. The SMILES string of the molecule is CCC(Sc1cccc(NC(=O)/C(=C/c2ccccc2)NC(=O)c2ccccc2)c1)C(=O)Nc1c(C)cccc1C. The highest BCUT2D eigenvalue weighted by molar-refractivity contribution is 8.00. The van der Waals surface area contributed by atoms with Crippen LogP contribution in [-0.4, -0.2) is 23.0 Å². The number of carbonyl (C=O) groups is 3. The summed E-state index contributed by atoms with van der Waals surface area (Å²) in [4.78, 5) is 40.2. The Morgan fingerprint density at radius 2 is 1.41 bits per heavy atom. The van der Waals surface area contributed by atoms with Crippen molar-refractivity contribution >= 4 is 46.9 Å². The molecule has 0 aliphatic heterocycles. The van der Waals surface area contributed by atoms with Crippen molar-refractivity contribution < 1.29 is 14.4 Å². The van der Waals surface area contributed by atoms with Gasteiger partial charge in [0.2, 0.25) is 5.91 Å². The highest BCUT2D eigenvalue weighted by atomic mass is 32.2. The summed E-state index contributed by atoms with van der Waals surface area (Å²) >= 11 is 1.44. The lowest BCUT2D eigenvalue weighted by Crippen LogP contribution is -2.30. The second-order valence-corrected chi connectivity index (χ2v) is 10.8. The Kier molecular flexibility index (Phi) is 10.1. The van der Waals surface area contributed by atoms with E-state index in [9.17, 15) is 14.4 Å². The summed E-state index contributed by atoms with van der Waals surface area (Å²) in [6.45, 7) is 5.93. The van der Waals surface area contributed by atoms with Crippen molar-refractivity contribution in [2.24, 2.45) is 0 Å². The Bertz CT molecular complexity index is 1530. The molecule has 0 fully saturated rings. The first-order valence-electron chi connectivity index (χ1n) is 13.4. The summed E-state index contributed by atoms with van der Waals surface area (Å²) in [5, 5.41) is 8.42. The molecule has 0 bridgehead atoms. The van der Waals surface area contributed by atoms with E-state index in [0.717, 1.165) is 27.3 Å². The van der Waals surface area contributed by atoms with Gasteiger partial charge in [-0.05, 0) is 73.4 Å². The molecule has 41 heavy (non-hydrogen) atoms. The molecule has 3 N–H and O–H groups in total. The van der Waals surface area contributed by atoms with Crippen LogP contribution in [0.25, 0.3) is 6.08 Å². The minimum Gasteiger partial charge on any atom is -0.325 e. The van der Waals surface area contributed by atoms with Gasteiger partial charge in [0.25, 0.3) is 11.8 Å². The van der Waals surface area contributed by atoms with Crippen LogP contribution in [0.3, 0.4) is 0 Å². The molecule has 6 nitrogen and oxygen atoms in total. The monoisotopic (exact) mass is 563 g/mol. The Balaban J connectivity index is 1.49. The van der Waals surface area contributed by atoms with Gasteiger partial charge in [-0.15, -0.1) is 11.8 Å². The summed E-state index contributed by atoms with van der Waals surface area (Å²) in [7, 11) is 0. The Morgan fingerprint density at radius 3 is 2.07 bits per heavy atom. The molecule has 0 aliphatic rings. The maximum Gasteiger partial charge on any atom is 0.272 e. The van der Waals surface area contributed by atoms with Crippen molar-refractivity contribution in [1.82, 2.24) is 5.32 Å². The Labute approximate surface area is 245 Å². The van der Waals surface area contributed by atoms with Crippen LogP contribution in [0.5, 0.6) is 0 Å². The van der Waals surface area contributed by atoms with E-state index < -0.39 is 5.91 Å². The molecule has 0 aliphatic carbocycles. The van der Waals surface area contributed by atoms with Crippen molar-refractivity contribution in [2.75, 3.05) is 10.6 Å². The van der Waals surface area contributed by atoms with Gasteiger partial charge in [-0.3, -0.25) is 14.4 Å². The minimum absolute atomic E-state index is 0.0685. The molecule has 208 valence electrons. The summed E-state index contributed by atoms with van der Waals surface area (Å²) in [5.74, 6) is -0.908. The van der Waals surface area contributed by atoms with E-state index in [2.05, 4.69) is 16.0 Å². The minimum atomic E-state index is -0.458. The van der Waals surface area contributed by atoms with Crippen molar-refractivity contribution in [2.45, 2.75) is 37.3 Å². The molecule has 0 saturated heterocycles. The van der Waals surface area contributed by atoms with E-state index >= 15 is 0 Å². The number of nitrogens with one attached hydrogen (secondary N) is 3. The van der Waals surface area contributed by atoms with Crippen LogP contribution in [0.15, 0.2) is 114 Å². The molecule has 0 spiro atoms. The normalized spacial score (nSPS) is 11.8. The number of benzene rings is 4. The zero-order valence-corrected chi connectivity index (χ0v) is 24.1. The van der Waals surface area contributed by atoms with Crippen molar-refractivity contribution in [3.8, 4) is 0 Å². The predicted octanol–water partition coefficient (Wildman–Crippen LogP) is 7.22. The number of aryl methyl sites for hydroxylation is 2. The quantitative estimate of drug-likeness (QED) is 0.140. The number of anilines is 2. The van der Waals surface area contributed by atoms with E-state index in [1.807, 2.05) is 93.6 Å². The second-order valence-electron chi connectivity index (χ2n) is 9.54. The number of thioether (sulfide) groups is 1. The number of carbonyl (C=O) groups excluding carboxylic acids is 3. The largest absolute Gasteiger partial charge is 0.325 e. The summed E-state index contributed by atoms with van der Waals surface area (Å²) < 4.78 is 0. The van der Waals surface area contributed by atoms with Gasteiger partial charge < -0.3 is 16.0 Å². The Hall–Kier alpha value is -4.62. The summed E-state index contributed by atoms with van der Waals surface area (Å²) in [5.41, 5.74) is 4.76. The van der Waals surface area contributed by atoms with Gasteiger partial charge in [0, 0.05) is 21.8 Å². The average Bonchev–Trinajstić information content (AvgIpc) is 2.98. The van der Waals surface area contributed by atoms with Crippen molar-refractivity contribution in [3.05, 3.63) is 131 Å². The maximum atomic E-state index is 13.4. The second kappa shape index (κ2) is 14.1. The summed E-state index contributed by atoms with van der Waals surface area (Å²) in [6.07, 6.45) is 2.27. The van der Waals surface area contributed by atoms with E-state index in [-0.39, 0.29) is 22.8 Å². The van der Waals surface area contributed by atoms with Gasteiger partial charge >= 0.3 is 0 Å². The first-order chi connectivity index (χ1) is 19.8. The van der Waals surface area contributed by atoms with Crippen LogP contribution in [-0.2, 0) is 9.59 Å². The van der Waals surface area contributed by atoms with Crippen LogP contribution in [0.2, 0.25) is 0 Å². The molecule has 0 radical (unpaired) electrons. The number of hydrogen-bond donors (Lipinski definition) is 3. The molecule has 4 rings (SSSR count). The van der Waals surface area contributed by atoms with Gasteiger partial charge in [0.1, 0.15) is 5.70 Å². The topological polar surface area (TPSA) is 87.3 Å². The van der Waals surface area contributed by atoms with Crippen LogP contribution < -0.4 is 16.0 Å². The molecular formula is C34H33N3O3S. The third-order valence-corrected chi connectivity index (χ3v) is 7.76. The van der Waals surface area contributed by atoms with E-state index in [1.165, 1.54) is 11.8 Å². The van der Waals surface area contributed by atoms with Gasteiger partial charge in [-0.2, -0.15) is 0 Å². The first kappa shape index (κ1) is 29.4. The van der Waals surface area contributed by atoms with Gasteiger partial charge in [-0.1, -0.05) is 79.7 Å². The molecule has 1 atom stereocenters. The van der Waals surface area contributed by atoms with Crippen molar-refractivity contribution in [3.63, 3.8) is 0 Å². The fourth-order valence-corrected chi connectivity index (χ4v) is 5.22. The van der Waals surface area contributed by atoms with Gasteiger partial charge in [0.15, 0.2) is 0 Å². The molecule has 4 aromatic rings. The van der Waals surface area contributed by atoms with E-state index in [4.69, 9.17) is 0 Å². The van der Waals surface area contributed by atoms with Gasteiger partial charge in [0.05, 0.1) is 5.25 Å². The highest BCUT2D eigenvalue weighted by Crippen LogP contribution is 2.30. The molecule has 7 heteroatoms. The third-order valence-electron chi connectivity index (χ3n) is 6.40. The zero-order chi connectivity index (χ0) is 29.2. The maximum absolute atomic E-state index is 13.4.